The highest BCUT2D eigenvalue weighted by molar-refractivity contribution is 7.12. The predicted octanol–water partition coefficient (Wildman–Crippen LogP) is 3.80. The van der Waals surface area contributed by atoms with Crippen molar-refractivity contribution in [3.05, 3.63) is 40.8 Å². The molecule has 140 valence electrons. The number of carbonyl (C=O) groups is 2. The molecule has 0 unspecified atom stereocenters. The molecule has 6 nitrogen and oxygen atoms in total. The van der Waals surface area contributed by atoms with Crippen LogP contribution < -0.4 is 10.6 Å². The van der Waals surface area contributed by atoms with Gasteiger partial charge in [-0.2, -0.15) is 0 Å². The molecular weight excluding hydrogens is 360 g/mol. The van der Waals surface area contributed by atoms with Crippen molar-refractivity contribution in [3.63, 3.8) is 0 Å². The molecule has 1 aliphatic carbocycles. The van der Waals surface area contributed by atoms with E-state index < -0.39 is 0 Å². The van der Waals surface area contributed by atoms with Gasteiger partial charge < -0.3 is 15.0 Å². The van der Waals surface area contributed by atoms with Crippen LogP contribution in [0.25, 0.3) is 16.8 Å². The molecule has 0 spiro atoms. The fourth-order valence-electron chi connectivity index (χ4n) is 2.79. The van der Waals surface area contributed by atoms with E-state index in [0.717, 1.165) is 29.6 Å². The smallest absolute Gasteiger partial charge is 0.261 e. The highest BCUT2D eigenvalue weighted by Crippen LogP contribution is 2.30. The molecule has 3 aromatic rings. The Labute approximate surface area is 161 Å². The zero-order valence-corrected chi connectivity index (χ0v) is 16.2. The fourth-order valence-corrected chi connectivity index (χ4v) is 3.62. The number of amides is 2. The van der Waals surface area contributed by atoms with Gasteiger partial charge in [-0.15, -0.1) is 11.3 Å². The summed E-state index contributed by atoms with van der Waals surface area (Å²) in [5.41, 5.74) is 2.77. The second-order valence-corrected chi connectivity index (χ2v) is 8.29. The van der Waals surface area contributed by atoms with Crippen LogP contribution in [0.4, 0.5) is 5.82 Å². The number of nitrogens with one attached hydrogen (secondary N) is 2. The molecular formula is C20H22N4O2S. The molecule has 1 fully saturated rings. The molecule has 3 heterocycles. The maximum Gasteiger partial charge on any atom is 0.261 e. The minimum Gasteiger partial charge on any atom is -0.351 e. The number of rotatable bonds is 6. The molecule has 3 aromatic heterocycles. The number of hydrogen-bond donors (Lipinski definition) is 2. The third kappa shape index (κ3) is 4.03. The van der Waals surface area contributed by atoms with E-state index in [4.69, 9.17) is 0 Å². The molecule has 2 N–H and O–H groups in total. The highest BCUT2D eigenvalue weighted by Gasteiger charge is 2.30. The van der Waals surface area contributed by atoms with E-state index in [2.05, 4.69) is 29.5 Å². The Balaban J connectivity index is 1.51. The first-order valence-electron chi connectivity index (χ1n) is 9.16. The van der Waals surface area contributed by atoms with Crippen LogP contribution in [-0.4, -0.2) is 27.7 Å². The monoisotopic (exact) mass is 382 g/mol. The van der Waals surface area contributed by atoms with Gasteiger partial charge in [-0.3, -0.25) is 9.59 Å². The Morgan fingerprint density at radius 2 is 2.07 bits per heavy atom. The van der Waals surface area contributed by atoms with Gasteiger partial charge in [-0.25, -0.2) is 4.98 Å². The van der Waals surface area contributed by atoms with Crippen molar-refractivity contribution in [2.75, 3.05) is 11.9 Å². The highest BCUT2D eigenvalue weighted by atomic mass is 32.1. The Hall–Kier alpha value is -2.67. The summed E-state index contributed by atoms with van der Waals surface area (Å²) in [5, 5.41) is 7.80. The van der Waals surface area contributed by atoms with E-state index in [0.29, 0.717) is 23.2 Å². The molecule has 1 saturated carbocycles. The van der Waals surface area contributed by atoms with Crippen molar-refractivity contribution >= 4 is 34.6 Å². The summed E-state index contributed by atoms with van der Waals surface area (Å²) in [5.74, 6) is 1.16. The number of hydrogen-bond acceptors (Lipinski definition) is 4. The third-order valence-electron chi connectivity index (χ3n) is 4.48. The Morgan fingerprint density at radius 3 is 2.81 bits per heavy atom. The van der Waals surface area contributed by atoms with Gasteiger partial charge in [-0.05, 0) is 53.5 Å². The van der Waals surface area contributed by atoms with Crippen molar-refractivity contribution in [1.29, 1.82) is 0 Å². The van der Waals surface area contributed by atoms with Gasteiger partial charge >= 0.3 is 0 Å². The summed E-state index contributed by atoms with van der Waals surface area (Å²) in [6.45, 7) is 4.81. The van der Waals surface area contributed by atoms with Gasteiger partial charge in [0.1, 0.15) is 5.65 Å². The first-order valence-corrected chi connectivity index (χ1v) is 10.0. The molecule has 0 atom stereocenters. The predicted molar refractivity (Wildman–Crippen MR) is 107 cm³/mol. The zero-order valence-electron chi connectivity index (χ0n) is 15.4. The molecule has 0 saturated heterocycles. The summed E-state index contributed by atoms with van der Waals surface area (Å²) >= 11 is 1.44. The second-order valence-electron chi connectivity index (χ2n) is 7.38. The van der Waals surface area contributed by atoms with Crippen LogP contribution in [0.5, 0.6) is 0 Å². The number of nitrogens with zero attached hydrogens (tertiary/aromatic N) is 2. The molecule has 27 heavy (non-hydrogen) atoms. The quantitative estimate of drug-likeness (QED) is 0.681. The topological polar surface area (TPSA) is 75.5 Å². The van der Waals surface area contributed by atoms with E-state index >= 15 is 0 Å². The lowest BCUT2D eigenvalue weighted by Gasteiger charge is -2.05. The van der Waals surface area contributed by atoms with E-state index in [9.17, 15) is 9.59 Å². The zero-order chi connectivity index (χ0) is 19.0. The van der Waals surface area contributed by atoms with Crippen LogP contribution >= 0.6 is 11.3 Å². The molecule has 7 heteroatoms. The van der Waals surface area contributed by atoms with E-state index in [1.54, 1.807) is 0 Å². The number of pyridine rings is 1. The number of aromatic nitrogens is 2. The van der Waals surface area contributed by atoms with Crippen molar-refractivity contribution in [3.8, 4) is 11.1 Å². The summed E-state index contributed by atoms with van der Waals surface area (Å²) in [6, 6.07) is 5.80. The minimum atomic E-state index is -0.0336. The molecule has 0 aromatic carbocycles. The van der Waals surface area contributed by atoms with Gasteiger partial charge in [-0.1, -0.05) is 13.8 Å². The maximum absolute atomic E-state index is 12.2. The van der Waals surface area contributed by atoms with Gasteiger partial charge in [0.25, 0.3) is 5.91 Å². The van der Waals surface area contributed by atoms with Crippen LogP contribution in [-0.2, 0) is 4.79 Å². The summed E-state index contributed by atoms with van der Waals surface area (Å²) in [6.07, 6.45) is 5.72. The fraction of sp³-hybridized carbons (Fsp3) is 0.350. The summed E-state index contributed by atoms with van der Waals surface area (Å²) in [4.78, 5) is 29.3. The second kappa shape index (κ2) is 7.15. The molecule has 0 aliphatic heterocycles. The van der Waals surface area contributed by atoms with Crippen LogP contribution in [0.3, 0.4) is 0 Å². The SMILES string of the molecule is CC(C)CNC(=O)c1cc(-c2ccc3nc(NC(=O)C4CC4)cn3c2)cs1. The van der Waals surface area contributed by atoms with E-state index in [1.807, 2.05) is 40.4 Å². The van der Waals surface area contributed by atoms with Crippen LogP contribution in [0, 0.1) is 11.8 Å². The molecule has 0 bridgehead atoms. The molecule has 1 aliphatic rings. The number of carbonyl (C=O) groups excluding carboxylic acids is 2. The lowest BCUT2D eigenvalue weighted by Crippen LogP contribution is -2.26. The first kappa shape index (κ1) is 17.7. The minimum absolute atomic E-state index is 0.0336. The first-order chi connectivity index (χ1) is 13.0. The van der Waals surface area contributed by atoms with Crippen molar-refractivity contribution < 1.29 is 9.59 Å². The lowest BCUT2D eigenvalue weighted by molar-refractivity contribution is -0.117. The maximum atomic E-state index is 12.2. The van der Waals surface area contributed by atoms with Crippen molar-refractivity contribution in [2.45, 2.75) is 26.7 Å². The van der Waals surface area contributed by atoms with Gasteiger partial charge in [0.05, 0.1) is 11.1 Å². The Bertz CT molecular complexity index is 1000. The van der Waals surface area contributed by atoms with E-state index in [-0.39, 0.29) is 17.7 Å². The normalized spacial score (nSPS) is 13.9. The standard InChI is InChI=1S/C20H22N4O2S/c1-12(2)8-21-20(26)16-7-15(11-27-16)14-5-6-18-22-17(10-24(18)9-14)23-19(25)13-3-4-13/h5-7,9-13H,3-4,8H2,1-2H3,(H,21,26)(H,23,25). The van der Waals surface area contributed by atoms with Crippen LogP contribution in [0.15, 0.2) is 36.0 Å². The average molecular weight is 382 g/mol. The van der Waals surface area contributed by atoms with Crippen molar-refractivity contribution in [1.82, 2.24) is 14.7 Å². The summed E-state index contributed by atoms with van der Waals surface area (Å²) < 4.78 is 1.90. The van der Waals surface area contributed by atoms with Gasteiger partial charge in [0.15, 0.2) is 5.82 Å². The van der Waals surface area contributed by atoms with Gasteiger partial charge in [0, 0.05) is 18.7 Å². The molecule has 4 rings (SSSR count). The van der Waals surface area contributed by atoms with E-state index in [1.165, 1.54) is 11.3 Å². The lowest BCUT2D eigenvalue weighted by atomic mass is 10.1. The number of fused-ring (bicyclic) bond motifs is 1. The Morgan fingerprint density at radius 1 is 1.26 bits per heavy atom. The largest absolute Gasteiger partial charge is 0.351 e. The third-order valence-corrected chi connectivity index (χ3v) is 5.41. The number of thiophene rings is 1. The Kier molecular flexibility index (Phi) is 4.70. The van der Waals surface area contributed by atoms with Crippen molar-refractivity contribution in [2.24, 2.45) is 11.8 Å². The number of imidazole rings is 1. The van der Waals surface area contributed by atoms with Crippen LogP contribution in [0.2, 0.25) is 0 Å². The average Bonchev–Trinajstić information content (AvgIpc) is 3.24. The molecule has 0 radical (unpaired) electrons. The number of anilines is 1. The molecule has 2 amide bonds. The van der Waals surface area contributed by atoms with Crippen LogP contribution in [0.1, 0.15) is 36.4 Å². The summed E-state index contributed by atoms with van der Waals surface area (Å²) in [7, 11) is 0. The van der Waals surface area contributed by atoms with Gasteiger partial charge in [0.2, 0.25) is 5.91 Å².